The summed E-state index contributed by atoms with van der Waals surface area (Å²) in [6.07, 6.45) is 2.03. The molecule has 104 valence electrons. The van der Waals surface area contributed by atoms with Crippen molar-refractivity contribution >= 4 is 5.96 Å². The Morgan fingerprint density at radius 1 is 1.42 bits per heavy atom. The Labute approximate surface area is 114 Å². The maximum atomic E-state index is 5.47. The smallest absolute Gasteiger partial charge is 0.205 e. The van der Waals surface area contributed by atoms with E-state index in [1.807, 2.05) is 6.07 Å². The highest BCUT2D eigenvalue weighted by atomic mass is 16.5. The first-order chi connectivity index (χ1) is 9.35. The lowest BCUT2D eigenvalue weighted by Gasteiger charge is -2.09. The summed E-state index contributed by atoms with van der Waals surface area (Å²) in [5.41, 5.74) is 3.99. The van der Waals surface area contributed by atoms with Crippen LogP contribution in [-0.2, 0) is 4.74 Å². The van der Waals surface area contributed by atoms with Crippen LogP contribution < -0.4 is 16.6 Å². The summed E-state index contributed by atoms with van der Waals surface area (Å²) < 4.78 is 4.98. The van der Waals surface area contributed by atoms with Crippen molar-refractivity contribution in [3.63, 3.8) is 0 Å². The number of benzene rings is 1. The number of rotatable bonds is 6. The molecule has 0 amide bonds. The van der Waals surface area contributed by atoms with E-state index in [1.165, 1.54) is 5.56 Å². The van der Waals surface area contributed by atoms with E-state index in [9.17, 15) is 0 Å². The monoisotopic (exact) mass is 262 g/mol. The third kappa shape index (κ3) is 4.22. The highest BCUT2D eigenvalue weighted by Crippen LogP contribution is 2.40. The predicted molar refractivity (Wildman–Crippen MR) is 76.8 cm³/mol. The Balaban J connectivity index is 1.78. The summed E-state index contributed by atoms with van der Waals surface area (Å²) in [7, 11) is 1.69. The summed E-state index contributed by atoms with van der Waals surface area (Å²) in [5.74, 6) is 6.71. The van der Waals surface area contributed by atoms with Crippen LogP contribution in [0.3, 0.4) is 0 Å². The molecule has 0 aromatic heterocycles. The normalized spacial score (nSPS) is 22.1. The summed E-state index contributed by atoms with van der Waals surface area (Å²) >= 11 is 0. The molecular formula is C14H22N4O. The number of aliphatic imine (C=N–C) groups is 1. The van der Waals surface area contributed by atoms with Crippen molar-refractivity contribution in [2.45, 2.75) is 24.8 Å². The fourth-order valence-corrected chi connectivity index (χ4v) is 2.13. The molecule has 0 saturated heterocycles. The molecule has 1 aromatic rings. The van der Waals surface area contributed by atoms with Gasteiger partial charge in [0.15, 0.2) is 0 Å². The first kappa shape index (κ1) is 13.8. The van der Waals surface area contributed by atoms with Gasteiger partial charge in [-0.25, -0.2) is 5.84 Å². The summed E-state index contributed by atoms with van der Waals surface area (Å²) in [6.45, 7) is 1.43. The number of methoxy groups -OCH3 is 1. The van der Waals surface area contributed by atoms with Gasteiger partial charge in [-0.05, 0) is 18.4 Å². The second kappa shape index (κ2) is 7.11. The zero-order chi connectivity index (χ0) is 13.5. The van der Waals surface area contributed by atoms with E-state index in [2.05, 4.69) is 40.0 Å². The molecule has 0 spiro atoms. The van der Waals surface area contributed by atoms with E-state index in [0.717, 1.165) is 19.4 Å². The molecule has 1 aromatic carbocycles. The molecule has 5 heteroatoms. The zero-order valence-electron chi connectivity index (χ0n) is 11.3. The van der Waals surface area contributed by atoms with Crippen LogP contribution in [0.1, 0.15) is 24.3 Å². The molecule has 0 radical (unpaired) electrons. The molecule has 1 aliphatic carbocycles. The minimum Gasteiger partial charge on any atom is -0.385 e. The molecular weight excluding hydrogens is 240 g/mol. The van der Waals surface area contributed by atoms with Crippen molar-refractivity contribution in [2.24, 2.45) is 10.8 Å². The van der Waals surface area contributed by atoms with Crippen LogP contribution in [0.5, 0.6) is 0 Å². The number of nitrogens with zero attached hydrogens (tertiary/aromatic N) is 1. The van der Waals surface area contributed by atoms with Gasteiger partial charge in [-0.15, -0.1) is 0 Å². The average molecular weight is 262 g/mol. The van der Waals surface area contributed by atoms with Crippen LogP contribution in [0.2, 0.25) is 0 Å². The van der Waals surface area contributed by atoms with Gasteiger partial charge in [0, 0.05) is 32.2 Å². The number of hydrogen-bond acceptors (Lipinski definition) is 3. The SMILES string of the molecule is COCCCN=C(NN)NC1CC1c1ccccc1. The third-order valence-corrected chi connectivity index (χ3v) is 3.25. The fraction of sp³-hybridized carbons (Fsp3) is 0.500. The van der Waals surface area contributed by atoms with Crippen LogP contribution >= 0.6 is 0 Å². The van der Waals surface area contributed by atoms with E-state index in [-0.39, 0.29) is 0 Å². The van der Waals surface area contributed by atoms with Crippen molar-refractivity contribution in [2.75, 3.05) is 20.3 Å². The second-order valence-corrected chi connectivity index (χ2v) is 4.72. The standard InChI is InChI=1S/C14H22N4O/c1-19-9-5-8-16-14(18-15)17-13-10-12(13)11-6-3-2-4-7-11/h2-4,6-7,12-13H,5,8-10,15H2,1H3,(H2,16,17,18). The van der Waals surface area contributed by atoms with Crippen molar-refractivity contribution < 1.29 is 4.74 Å². The minimum atomic E-state index is 0.430. The molecule has 1 fully saturated rings. The van der Waals surface area contributed by atoms with E-state index < -0.39 is 0 Å². The van der Waals surface area contributed by atoms with Gasteiger partial charge < -0.3 is 10.1 Å². The van der Waals surface area contributed by atoms with E-state index in [0.29, 0.717) is 24.5 Å². The quantitative estimate of drug-likeness (QED) is 0.235. The lowest BCUT2D eigenvalue weighted by molar-refractivity contribution is 0.197. The predicted octanol–water partition coefficient (Wildman–Crippen LogP) is 0.988. The van der Waals surface area contributed by atoms with Gasteiger partial charge in [-0.2, -0.15) is 0 Å². The van der Waals surface area contributed by atoms with Crippen molar-refractivity contribution in [3.8, 4) is 0 Å². The molecule has 2 unspecified atom stereocenters. The van der Waals surface area contributed by atoms with Gasteiger partial charge in [0.1, 0.15) is 0 Å². The maximum Gasteiger partial charge on any atom is 0.205 e. The van der Waals surface area contributed by atoms with Gasteiger partial charge in [0.25, 0.3) is 0 Å². The molecule has 1 aliphatic rings. The highest BCUT2D eigenvalue weighted by Gasteiger charge is 2.38. The Morgan fingerprint density at radius 3 is 2.89 bits per heavy atom. The van der Waals surface area contributed by atoms with Gasteiger partial charge in [-0.1, -0.05) is 30.3 Å². The summed E-state index contributed by atoms with van der Waals surface area (Å²) in [5, 5.41) is 3.34. The lowest BCUT2D eigenvalue weighted by Crippen LogP contribution is -2.43. The molecule has 2 atom stereocenters. The van der Waals surface area contributed by atoms with Gasteiger partial charge in [-0.3, -0.25) is 10.4 Å². The van der Waals surface area contributed by atoms with Crippen LogP contribution in [0.15, 0.2) is 35.3 Å². The average Bonchev–Trinajstić information content (AvgIpc) is 3.22. The number of nitrogens with one attached hydrogen (secondary N) is 2. The largest absolute Gasteiger partial charge is 0.385 e. The molecule has 19 heavy (non-hydrogen) atoms. The number of ether oxygens (including phenoxy) is 1. The summed E-state index contributed by atoms with van der Waals surface area (Å²) in [6, 6.07) is 10.9. The Kier molecular flexibility index (Phi) is 5.18. The molecule has 4 N–H and O–H groups in total. The number of guanidine groups is 1. The Hall–Kier alpha value is -1.59. The van der Waals surface area contributed by atoms with E-state index >= 15 is 0 Å². The lowest BCUT2D eigenvalue weighted by atomic mass is 10.1. The van der Waals surface area contributed by atoms with Crippen LogP contribution in [0, 0.1) is 0 Å². The molecule has 2 rings (SSSR count). The molecule has 0 heterocycles. The van der Waals surface area contributed by atoms with Crippen molar-refractivity contribution in [1.29, 1.82) is 0 Å². The third-order valence-electron chi connectivity index (χ3n) is 3.25. The van der Waals surface area contributed by atoms with Gasteiger partial charge in [0.2, 0.25) is 5.96 Å². The first-order valence-corrected chi connectivity index (χ1v) is 6.66. The van der Waals surface area contributed by atoms with Crippen LogP contribution in [0.4, 0.5) is 0 Å². The summed E-state index contributed by atoms with van der Waals surface area (Å²) in [4.78, 5) is 4.38. The maximum absolute atomic E-state index is 5.47. The minimum absolute atomic E-state index is 0.430. The van der Waals surface area contributed by atoms with Crippen molar-refractivity contribution in [1.82, 2.24) is 10.7 Å². The fourth-order valence-electron chi connectivity index (χ4n) is 2.13. The Bertz CT molecular complexity index is 407. The van der Waals surface area contributed by atoms with Crippen LogP contribution in [0.25, 0.3) is 0 Å². The first-order valence-electron chi connectivity index (χ1n) is 6.66. The number of nitrogens with two attached hydrogens (primary N) is 1. The van der Waals surface area contributed by atoms with Gasteiger partial charge in [0.05, 0.1) is 0 Å². The second-order valence-electron chi connectivity index (χ2n) is 4.72. The number of hydrazine groups is 1. The molecule has 1 saturated carbocycles. The molecule has 0 aliphatic heterocycles. The topological polar surface area (TPSA) is 71.7 Å². The molecule has 5 nitrogen and oxygen atoms in total. The van der Waals surface area contributed by atoms with E-state index in [4.69, 9.17) is 10.6 Å². The Morgan fingerprint density at radius 2 is 2.21 bits per heavy atom. The highest BCUT2D eigenvalue weighted by molar-refractivity contribution is 5.80. The van der Waals surface area contributed by atoms with Gasteiger partial charge >= 0.3 is 0 Å². The zero-order valence-corrected chi connectivity index (χ0v) is 11.3. The molecule has 0 bridgehead atoms. The van der Waals surface area contributed by atoms with Crippen LogP contribution in [-0.4, -0.2) is 32.3 Å². The van der Waals surface area contributed by atoms with E-state index in [1.54, 1.807) is 7.11 Å². The number of hydrogen-bond donors (Lipinski definition) is 3. The van der Waals surface area contributed by atoms with Crippen molar-refractivity contribution in [3.05, 3.63) is 35.9 Å².